The summed E-state index contributed by atoms with van der Waals surface area (Å²) in [5, 5.41) is 17.4. The van der Waals surface area contributed by atoms with Crippen LogP contribution in [0.25, 0.3) is 10.9 Å². The number of amides is 1. The van der Waals surface area contributed by atoms with Crippen LogP contribution < -0.4 is 10.6 Å². The first-order valence-electron chi connectivity index (χ1n) is 7.95. The average Bonchev–Trinajstić information content (AvgIpc) is 2.97. The Kier molecular flexibility index (Phi) is 4.82. The molecule has 3 rings (SSSR count). The lowest BCUT2D eigenvalue weighted by atomic mass is 10.2. The molecule has 3 N–H and O–H groups in total. The van der Waals surface area contributed by atoms with Gasteiger partial charge < -0.3 is 20.3 Å². The lowest BCUT2D eigenvalue weighted by Crippen LogP contribution is -2.24. The van der Waals surface area contributed by atoms with Crippen LogP contribution in [0.2, 0.25) is 0 Å². The molecule has 2 aromatic carbocycles. The monoisotopic (exact) mass is 323 g/mol. The number of carbonyl (C=O) groups is 1. The van der Waals surface area contributed by atoms with E-state index >= 15 is 0 Å². The molecule has 3 aromatic rings. The van der Waals surface area contributed by atoms with Crippen LogP contribution in [0.3, 0.4) is 0 Å². The number of rotatable bonds is 6. The fourth-order valence-electron chi connectivity index (χ4n) is 2.70. The molecule has 0 bridgehead atoms. The minimum atomic E-state index is -0.504. The van der Waals surface area contributed by atoms with Crippen LogP contribution in [0.4, 0.5) is 11.4 Å². The number of nitrogens with one attached hydrogen (secondary N) is 2. The molecular weight excluding hydrogens is 302 g/mol. The van der Waals surface area contributed by atoms with Crippen LogP contribution in [-0.4, -0.2) is 28.2 Å². The minimum absolute atomic E-state index is 0.0925. The molecule has 0 aliphatic carbocycles. The molecule has 0 aliphatic heterocycles. The largest absolute Gasteiger partial charge is 0.389 e. The van der Waals surface area contributed by atoms with Gasteiger partial charge in [-0.25, -0.2) is 0 Å². The molecule has 0 fully saturated rings. The third-order valence-corrected chi connectivity index (χ3v) is 3.83. The molecule has 5 nitrogen and oxygen atoms in total. The summed E-state index contributed by atoms with van der Waals surface area (Å²) < 4.78 is 2.06. The Morgan fingerprint density at radius 2 is 1.79 bits per heavy atom. The number of carbonyl (C=O) groups excluding carboxylic acids is 1. The van der Waals surface area contributed by atoms with E-state index in [2.05, 4.69) is 33.4 Å². The zero-order chi connectivity index (χ0) is 16.9. The van der Waals surface area contributed by atoms with E-state index in [-0.39, 0.29) is 5.91 Å². The minimum Gasteiger partial charge on any atom is -0.389 e. The smallest absolute Gasteiger partial charge is 0.221 e. The molecule has 5 heteroatoms. The van der Waals surface area contributed by atoms with Crippen molar-refractivity contribution in [3.63, 3.8) is 0 Å². The Balaban J connectivity index is 1.55. The van der Waals surface area contributed by atoms with Gasteiger partial charge in [0.2, 0.25) is 5.91 Å². The SMILES string of the molecule is CC(=O)Nc1ccc(NC[C@@H](O)Cn2ccc3ccccc32)cc1. The molecule has 1 atom stereocenters. The summed E-state index contributed by atoms with van der Waals surface area (Å²) >= 11 is 0. The number of hydrogen-bond donors (Lipinski definition) is 3. The molecule has 0 aliphatic rings. The van der Waals surface area contributed by atoms with E-state index in [4.69, 9.17) is 0 Å². The van der Waals surface area contributed by atoms with Crippen molar-refractivity contribution in [2.75, 3.05) is 17.2 Å². The highest BCUT2D eigenvalue weighted by molar-refractivity contribution is 5.88. The van der Waals surface area contributed by atoms with Gasteiger partial charge in [0.15, 0.2) is 0 Å². The first-order chi connectivity index (χ1) is 11.6. The summed E-state index contributed by atoms with van der Waals surface area (Å²) in [5.74, 6) is -0.0925. The van der Waals surface area contributed by atoms with Crippen molar-refractivity contribution in [2.24, 2.45) is 0 Å². The zero-order valence-corrected chi connectivity index (χ0v) is 13.6. The molecule has 1 aromatic heterocycles. The average molecular weight is 323 g/mol. The van der Waals surface area contributed by atoms with Gasteiger partial charge in [-0.2, -0.15) is 0 Å². The molecule has 1 amide bonds. The van der Waals surface area contributed by atoms with Gasteiger partial charge >= 0.3 is 0 Å². The molecule has 0 radical (unpaired) electrons. The van der Waals surface area contributed by atoms with E-state index < -0.39 is 6.10 Å². The third-order valence-electron chi connectivity index (χ3n) is 3.83. The normalized spacial score (nSPS) is 12.1. The van der Waals surface area contributed by atoms with Crippen molar-refractivity contribution < 1.29 is 9.90 Å². The van der Waals surface area contributed by atoms with Gasteiger partial charge in [-0.05, 0) is 41.8 Å². The number of fused-ring (bicyclic) bond motifs is 1. The van der Waals surface area contributed by atoms with Gasteiger partial charge in [-0.3, -0.25) is 4.79 Å². The standard InChI is InChI=1S/C19H21N3O2/c1-14(23)21-17-8-6-16(7-9-17)20-12-18(24)13-22-11-10-15-4-2-3-5-19(15)22/h2-11,18,20,24H,12-13H2,1H3,(H,21,23)/t18-/m1/s1. The van der Waals surface area contributed by atoms with Gasteiger partial charge in [-0.15, -0.1) is 0 Å². The lowest BCUT2D eigenvalue weighted by Gasteiger charge is -2.15. The number of para-hydroxylation sites is 1. The Bertz CT molecular complexity index is 824. The molecule has 0 saturated heterocycles. The number of aliphatic hydroxyl groups is 1. The van der Waals surface area contributed by atoms with E-state index in [0.717, 1.165) is 16.9 Å². The Labute approximate surface area is 140 Å². The van der Waals surface area contributed by atoms with Gasteiger partial charge in [0, 0.05) is 36.6 Å². The number of nitrogens with zero attached hydrogens (tertiary/aromatic N) is 1. The van der Waals surface area contributed by atoms with Crippen LogP contribution in [0.15, 0.2) is 60.8 Å². The van der Waals surface area contributed by atoms with E-state index in [1.54, 1.807) is 0 Å². The van der Waals surface area contributed by atoms with Crippen molar-refractivity contribution in [2.45, 2.75) is 19.6 Å². The van der Waals surface area contributed by atoms with Crippen LogP contribution in [-0.2, 0) is 11.3 Å². The van der Waals surface area contributed by atoms with Crippen LogP contribution in [0.5, 0.6) is 0 Å². The quantitative estimate of drug-likeness (QED) is 0.653. The Morgan fingerprint density at radius 1 is 1.08 bits per heavy atom. The summed E-state index contributed by atoms with van der Waals surface area (Å²) in [4.78, 5) is 11.0. The maximum Gasteiger partial charge on any atom is 0.221 e. The van der Waals surface area contributed by atoms with Crippen molar-refractivity contribution in [1.82, 2.24) is 4.57 Å². The summed E-state index contributed by atoms with van der Waals surface area (Å²) in [6.07, 6.45) is 1.49. The molecule has 0 saturated carbocycles. The maximum absolute atomic E-state index is 11.0. The van der Waals surface area contributed by atoms with E-state index in [9.17, 15) is 9.90 Å². The molecule has 24 heavy (non-hydrogen) atoms. The van der Waals surface area contributed by atoms with E-state index in [0.29, 0.717) is 13.1 Å². The van der Waals surface area contributed by atoms with Crippen molar-refractivity contribution in [3.8, 4) is 0 Å². The van der Waals surface area contributed by atoms with Crippen LogP contribution in [0.1, 0.15) is 6.92 Å². The van der Waals surface area contributed by atoms with Gasteiger partial charge in [0.1, 0.15) is 0 Å². The van der Waals surface area contributed by atoms with Crippen molar-refractivity contribution >= 4 is 28.2 Å². The molecular formula is C19H21N3O2. The molecule has 124 valence electrons. The lowest BCUT2D eigenvalue weighted by molar-refractivity contribution is -0.114. The van der Waals surface area contributed by atoms with E-state index in [1.165, 1.54) is 12.3 Å². The van der Waals surface area contributed by atoms with Gasteiger partial charge in [0.25, 0.3) is 0 Å². The fourth-order valence-corrected chi connectivity index (χ4v) is 2.70. The van der Waals surface area contributed by atoms with Crippen LogP contribution in [0, 0.1) is 0 Å². The predicted octanol–water partition coefficient (Wildman–Crippen LogP) is 3.07. The highest BCUT2D eigenvalue weighted by Gasteiger charge is 2.07. The summed E-state index contributed by atoms with van der Waals surface area (Å²) in [6, 6.07) is 17.6. The fraction of sp³-hybridized carbons (Fsp3) is 0.211. The molecule has 0 unspecified atom stereocenters. The summed E-state index contributed by atoms with van der Waals surface area (Å²) in [5.41, 5.74) is 2.78. The van der Waals surface area contributed by atoms with Gasteiger partial charge in [0.05, 0.1) is 12.6 Å². The van der Waals surface area contributed by atoms with Gasteiger partial charge in [-0.1, -0.05) is 18.2 Å². The second-order valence-corrected chi connectivity index (χ2v) is 5.82. The van der Waals surface area contributed by atoms with E-state index in [1.807, 2.05) is 42.6 Å². The summed E-state index contributed by atoms with van der Waals surface area (Å²) in [6.45, 7) is 2.46. The predicted molar refractivity (Wildman–Crippen MR) is 97.2 cm³/mol. The third kappa shape index (κ3) is 3.94. The molecule has 0 spiro atoms. The maximum atomic E-state index is 11.0. The number of aromatic nitrogens is 1. The first kappa shape index (κ1) is 16.1. The van der Waals surface area contributed by atoms with Crippen LogP contribution >= 0.6 is 0 Å². The number of anilines is 2. The highest BCUT2D eigenvalue weighted by Crippen LogP contribution is 2.16. The second kappa shape index (κ2) is 7.19. The summed E-state index contributed by atoms with van der Waals surface area (Å²) in [7, 11) is 0. The first-order valence-corrected chi connectivity index (χ1v) is 7.95. The Morgan fingerprint density at radius 3 is 2.54 bits per heavy atom. The number of benzene rings is 2. The number of hydrogen-bond acceptors (Lipinski definition) is 3. The van der Waals surface area contributed by atoms with Crippen molar-refractivity contribution in [3.05, 3.63) is 60.8 Å². The topological polar surface area (TPSA) is 66.3 Å². The van der Waals surface area contributed by atoms with Crippen molar-refractivity contribution in [1.29, 1.82) is 0 Å². The second-order valence-electron chi connectivity index (χ2n) is 5.82. The zero-order valence-electron chi connectivity index (χ0n) is 13.6. The Hall–Kier alpha value is -2.79. The highest BCUT2D eigenvalue weighted by atomic mass is 16.3. The number of aliphatic hydroxyl groups excluding tert-OH is 1. The molecule has 1 heterocycles.